The molecule has 0 spiro atoms. The van der Waals surface area contributed by atoms with Crippen LogP contribution in [0.4, 0.5) is 5.69 Å². The molecule has 1 aromatic carbocycles. The highest BCUT2D eigenvalue weighted by Gasteiger charge is 2.26. The quantitative estimate of drug-likeness (QED) is 0.700. The molecule has 8 heteroatoms. The molecule has 1 aliphatic carbocycles. The van der Waals surface area contributed by atoms with Crippen LogP contribution in [0, 0.1) is 0 Å². The molecule has 2 heterocycles. The predicted molar refractivity (Wildman–Crippen MR) is 106 cm³/mol. The van der Waals surface area contributed by atoms with Gasteiger partial charge in [0, 0.05) is 50.5 Å². The van der Waals surface area contributed by atoms with E-state index in [1.807, 2.05) is 18.2 Å². The fourth-order valence-electron chi connectivity index (χ4n) is 3.31. The monoisotopic (exact) mass is 382 g/mol. The first kappa shape index (κ1) is 18.6. The zero-order valence-corrected chi connectivity index (χ0v) is 16.1. The fourth-order valence-corrected chi connectivity index (χ4v) is 3.31. The maximum atomic E-state index is 12.7. The number of benzene rings is 1. The molecular formula is C20H26N6O2. The van der Waals surface area contributed by atoms with E-state index in [1.165, 1.54) is 6.20 Å². The standard InChI is InChI=1S/C20H26N6O2/c1-25-7-9-26(10-8-25)13-14-3-2-4-15(11-14)19(27)23-17-12-21-24-18(17)20(28)22-16-5-6-16/h2-4,11-12,16H,5-10,13H2,1H3,(H,21,24)(H,22,28)(H,23,27). The van der Waals surface area contributed by atoms with Gasteiger partial charge in [-0.15, -0.1) is 0 Å². The minimum absolute atomic E-state index is 0.217. The van der Waals surface area contributed by atoms with Gasteiger partial charge in [-0.05, 0) is 37.6 Å². The third kappa shape index (κ3) is 4.58. The van der Waals surface area contributed by atoms with Crippen LogP contribution in [0.2, 0.25) is 0 Å². The summed E-state index contributed by atoms with van der Waals surface area (Å²) in [4.78, 5) is 29.7. The molecule has 1 saturated carbocycles. The van der Waals surface area contributed by atoms with Crippen LogP contribution in [0.3, 0.4) is 0 Å². The number of aromatic amines is 1. The number of nitrogens with one attached hydrogen (secondary N) is 3. The van der Waals surface area contributed by atoms with Crippen LogP contribution in [0.15, 0.2) is 30.5 Å². The zero-order chi connectivity index (χ0) is 19.5. The van der Waals surface area contributed by atoms with Crippen LogP contribution in [0.5, 0.6) is 0 Å². The lowest BCUT2D eigenvalue weighted by molar-refractivity contribution is 0.0947. The van der Waals surface area contributed by atoms with Crippen molar-refractivity contribution in [2.24, 2.45) is 0 Å². The third-order valence-corrected chi connectivity index (χ3v) is 5.21. The summed E-state index contributed by atoms with van der Waals surface area (Å²) in [6.45, 7) is 5.01. The largest absolute Gasteiger partial charge is 0.348 e. The van der Waals surface area contributed by atoms with Gasteiger partial charge < -0.3 is 15.5 Å². The molecule has 2 aromatic rings. The number of carbonyl (C=O) groups excluding carboxylic acids is 2. The highest BCUT2D eigenvalue weighted by molar-refractivity contribution is 6.08. The Hall–Kier alpha value is -2.71. The van der Waals surface area contributed by atoms with Gasteiger partial charge in [0.2, 0.25) is 0 Å². The van der Waals surface area contributed by atoms with Crippen LogP contribution < -0.4 is 10.6 Å². The van der Waals surface area contributed by atoms with Gasteiger partial charge in [0.05, 0.1) is 5.69 Å². The first-order chi connectivity index (χ1) is 13.6. The van der Waals surface area contributed by atoms with E-state index in [0.29, 0.717) is 11.3 Å². The molecule has 1 saturated heterocycles. The van der Waals surface area contributed by atoms with E-state index in [0.717, 1.165) is 51.1 Å². The molecule has 148 valence electrons. The Kier molecular flexibility index (Phi) is 5.40. The van der Waals surface area contributed by atoms with Crippen LogP contribution in [0.25, 0.3) is 0 Å². The van der Waals surface area contributed by atoms with Crippen molar-refractivity contribution < 1.29 is 9.59 Å². The number of amides is 2. The number of aromatic nitrogens is 2. The second kappa shape index (κ2) is 8.12. The second-order valence-electron chi connectivity index (χ2n) is 7.63. The van der Waals surface area contributed by atoms with Gasteiger partial charge in [-0.2, -0.15) is 5.10 Å². The second-order valence-corrected chi connectivity index (χ2v) is 7.63. The molecular weight excluding hydrogens is 356 g/mol. The molecule has 1 aliphatic heterocycles. The summed E-state index contributed by atoms with van der Waals surface area (Å²) in [5.41, 5.74) is 2.29. The molecule has 1 aromatic heterocycles. The van der Waals surface area contributed by atoms with Crippen LogP contribution in [-0.2, 0) is 6.54 Å². The lowest BCUT2D eigenvalue weighted by atomic mass is 10.1. The van der Waals surface area contributed by atoms with E-state index in [2.05, 4.69) is 37.7 Å². The van der Waals surface area contributed by atoms with Gasteiger partial charge in [-0.1, -0.05) is 12.1 Å². The van der Waals surface area contributed by atoms with Crippen molar-refractivity contribution in [3.8, 4) is 0 Å². The minimum Gasteiger partial charge on any atom is -0.348 e. The average molecular weight is 382 g/mol. The van der Waals surface area contributed by atoms with Crippen LogP contribution >= 0.6 is 0 Å². The smallest absolute Gasteiger partial charge is 0.274 e. The van der Waals surface area contributed by atoms with Crippen molar-refractivity contribution in [3.63, 3.8) is 0 Å². The average Bonchev–Trinajstić information content (AvgIpc) is 3.38. The number of carbonyl (C=O) groups is 2. The van der Waals surface area contributed by atoms with Crippen molar-refractivity contribution in [3.05, 3.63) is 47.3 Å². The SMILES string of the molecule is CN1CCN(Cc2cccc(C(=O)Nc3c[nH]nc3C(=O)NC3CC3)c2)CC1. The Morgan fingerprint density at radius 3 is 2.71 bits per heavy atom. The Labute approximate surface area is 164 Å². The molecule has 4 rings (SSSR count). The Morgan fingerprint density at radius 2 is 1.96 bits per heavy atom. The summed E-state index contributed by atoms with van der Waals surface area (Å²) >= 11 is 0. The van der Waals surface area contributed by atoms with Gasteiger partial charge in [0.25, 0.3) is 11.8 Å². The highest BCUT2D eigenvalue weighted by Crippen LogP contribution is 2.21. The van der Waals surface area contributed by atoms with Gasteiger partial charge in [-0.3, -0.25) is 19.6 Å². The number of likely N-dealkylation sites (N-methyl/N-ethyl adjacent to an activating group) is 1. The molecule has 0 atom stereocenters. The molecule has 0 radical (unpaired) electrons. The van der Waals surface area contributed by atoms with E-state index < -0.39 is 0 Å². The van der Waals surface area contributed by atoms with Gasteiger partial charge in [0.1, 0.15) is 0 Å². The maximum absolute atomic E-state index is 12.7. The minimum atomic E-state index is -0.261. The van der Waals surface area contributed by atoms with Crippen molar-refractivity contribution in [1.29, 1.82) is 0 Å². The van der Waals surface area contributed by atoms with Crippen molar-refractivity contribution in [1.82, 2.24) is 25.3 Å². The maximum Gasteiger partial charge on any atom is 0.274 e. The number of hydrogen-bond acceptors (Lipinski definition) is 5. The number of anilines is 1. The van der Waals surface area contributed by atoms with E-state index in [9.17, 15) is 9.59 Å². The summed E-state index contributed by atoms with van der Waals surface area (Å²) in [7, 11) is 2.14. The summed E-state index contributed by atoms with van der Waals surface area (Å²) in [6, 6.07) is 7.88. The zero-order valence-electron chi connectivity index (χ0n) is 16.1. The summed E-state index contributed by atoms with van der Waals surface area (Å²) in [6.07, 6.45) is 3.53. The Morgan fingerprint density at radius 1 is 1.18 bits per heavy atom. The molecule has 0 unspecified atom stereocenters. The number of piperazine rings is 1. The van der Waals surface area contributed by atoms with E-state index >= 15 is 0 Å². The van der Waals surface area contributed by atoms with E-state index in [1.54, 1.807) is 6.07 Å². The van der Waals surface area contributed by atoms with Crippen molar-refractivity contribution in [2.45, 2.75) is 25.4 Å². The Bertz CT molecular complexity index is 852. The molecule has 8 nitrogen and oxygen atoms in total. The molecule has 2 aliphatic rings. The topological polar surface area (TPSA) is 93.4 Å². The van der Waals surface area contributed by atoms with Crippen molar-refractivity contribution >= 4 is 17.5 Å². The number of nitrogens with zero attached hydrogens (tertiary/aromatic N) is 3. The number of hydrogen-bond donors (Lipinski definition) is 3. The predicted octanol–water partition coefficient (Wildman–Crippen LogP) is 1.30. The Balaban J connectivity index is 1.40. The highest BCUT2D eigenvalue weighted by atomic mass is 16.2. The summed E-state index contributed by atoms with van der Waals surface area (Å²) in [5.74, 6) is -0.509. The fraction of sp³-hybridized carbons (Fsp3) is 0.450. The van der Waals surface area contributed by atoms with E-state index in [-0.39, 0.29) is 23.6 Å². The van der Waals surface area contributed by atoms with E-state index in [4.69, 9.17) is 0 Å². The first-order valence-corrected chi connectivity index (χ1v) is 9.74. The summed E-state index contributed by atoms with van der Waals surface area (Å²) < 4.78 is 0. The molecule has 0 bridgehead atoms. The van der Waals surface area contributed by atoms with Crippen LogP contribution in [-0.4, -0.2) is 71.1 Å². The number of rotatable bonds is 6. The molecule has 28 heavy (non-hydrogen) atoms. The molecule has 2 amide bonds. The lowest BCUT2D eigenvalue weighted by Gasteiger charge is -2.32. The normalized spacial score (nSPS) is 18.0. The summed E-state index contributed by atoms with van der Waals surface area (Å²) in [5, 5.41) is 12.3. The lowest BCUT2D eigenvalue weighted by Crippen LogP contribution is -2.43. The van der Waals surface area contributed by atoms with Gasteiger partial charge in [0.15, 0.2) is 5.69 Å². The first-order valence-electron chi connectivity index (χ1n) is 9.74. The molecule has 2 fully saturated rings. The van der Waals surface area contributed by atoms with Gasteiger partial charge in [-0.25, -0.2) is 0 Å². The third-order valence-electron chi connectivity index (χ3n) is 5.21. The van der Waals surface area contributed by atoms with Gasteiger partial charge >= 0.3 is 0 Å². The molecule has 3 N–H and O–H groups in total. The van der Waals surface area contributed by atoms with Crippen molar-refractivity contribution in [2.75, 3.05) is 38.5 Å². The number of H-pyrrole nitrogens is 1. The van der Waals surface area contributed by atoms with Crippen LogP contribution in [0.1, 0.15) is 39.3 Å².